The minimum Gasteiger partial charge on any atom is -0.486 e. The first-order chi connectivity index (χ1) is 7.67. The molecule has 0 aliphatic heterocycles. The summed E-state index contributed by atoms with van der Waals surface area (Å²) in [7, 11) is 1.80. The van der Waals surface area contributed by atoms with E-state index in [4.69, 9.17) is 4.74 Å². The molecule has 0 amide bonds. The van der Waals surface area contributed by atoms with Gasteiger partial charge in [0.25, 0.3) is 0 Å². The van der Waals surface area contributed by atoms with Crippen molar-refractivity contribution in [1.29, 1.82) is 0 Å². The Bertz CT molecular complexity index is 325. The van der Waals surface area contributed by atoms with E-state index in [2.05, 4.69) is 5.32 Å². The van der Waals surface area contributed by atoms with Gasteiger partial charge >= 0.3 is 0 Å². The highest BCUT2D eigenvalue weighted by molar-refractivity contribution is 5.25. The highest BCUT2D eigenvalue weighted by atomic mass is 19.1. The average molecular weight is 229 g/mol. The molecule has 0 fully saturated rings. The molecule has 0 aliphatic carbocycles. The van der Waals surface area contributed by atoms with E-state index in [-0.39, 0.29) is 11.9 Å². The van der Waals surface area contributed by atoms with Crippen molar-refractivity contribution >= 4 is 0 Å². The van der Waals surface area contributed by atoms with Crippen molar-refractivity contribution in [2.45, 2.75) is 25.9 Å². The molecule has 0 aliphatic rings. The van der Waals surface area contributed by atoms with Crippen molar-refractivity contribution < 1.29 is 13.5 Å². The van der Waals surface area contributed by atoms with Crippen LogP contribution >= 0.6 is 0 Å². The van der Waals surface area contributed by atoms with Crippen LogP contribution in [0.5, 0.6) is 5.75 Å². The lowest BCUT2D eigenvalue weighted by Gasteiger charge is -2.18. The Morgan fingerprint density at radius 3 is 2.75 bits per heavy atom. The Balaban J connectivity index is 2.71. The Hall–Kier alpha value is -1.16. The van der Waals surface area contributed by atoms with Gasteiger partial charge in [-0.2, -0.15) is 0 Å². The van der Waals surface area contributed by atoms with E-state index < -0.39 is 11.6 Å². The molecule has 2 nitrogen and oxygen atoms in total. The van der Waals surface area contributed by atoms with Crippen molar-refractivity contribution in [3.8, 4) is 5.75 Å². The van der Waals surface area contributed by atoms with Crippen LogP contribution in [0.4, 0.5) is 8.78 Å². The molecule has 16 heavy (non-hydrogen) atoms. The van der Waals surface area contributed by atoms with Gasteiger partial charge in [0.05, 0.1) is 0 Å². The van der Waals surface area contributed by atoms with Crippen LogP contribution in [-0.4, -0.2) is 19.7 Å². The van der Waals surface area contributed by atoms with Gasteiger partial charge < -0.3 is 10.1 Å². The predicted molar refractivity (Wildman–Crippen MR) is 59.6 cm³/mol. The van der Waals surface area contributed by atoms with Gasteiger partial charge in [0.1, 0.15) is 11.9 Å². The molecule has 1 aromatic rings. The SMILES string of the molecule is CCCC(CNC)Oc1cc(F)ccc1F. The highest BCUT2D eigenvalue weighted by Gasteiger charge is 2.12. The lowest BCUT2D eigenvalue weighted by molar-refractivity contribution is 0.180. The van der Waals surface area contributed by atoms with Crippen LogP contribution in [0.25, 0.3) is 0 Å². The molecule has 0 heterocycles. The van der Waals surface area contributed by atoms with Crippen molar-refractivity contribution in [3.05, 3.63) is 29.8 Å². The second-order valence-electron chi connectivity index (χ2n) is 3.66. The van der Waals surface area contributed by atoms with E-state index >= 15 is 0 Å². The van der Waals surface area contributed by atoms with Gasteiger partial charge in [-0.25, -0.2) is 8.78 Å². The molecule has 0 spiro atoms. The third-order valence-electron chi connectivity index (χ3n) is 2.23. The van der Waals surface area contributed by atoms with Crippen LogP contribution in [0.3, 0.4) is 0 Å². The number of likely N-dealkylation sites (N-methyl/N-ethyl adjacent to an activating group) is 1. The fourth-order valence-electron chi connectivity index (χ4n) is 1.50. The third-order valence-corrected chi connectivity index (χ3v) is 2.23. The van der Waals surface area contributed by atoms with E-state index in [0.717, 1.165) is 31.0 Å². The molecule has 1 atom stereocenters. The Morgan fingerprint density at radius 1 is 1.38 bits per heavy atom. The summed E-state index contributed by atoms with van der Waals surface area (Å²) in [5, 5.41) is 2.97. The zero-order chi connectivity index (χ0) is 12.0. The molecule has 90 valence electrons. The summed E-state index contributed by atoms with van der Waals surface area (Å²) < 4.78 is 31.6. The molecule has 0 saturated heterocycles. The van der Waals surface area contributed by atoms with E-state index in [1.54, 1.807) is 7.05 Å². The molecular weight excluding hydrogens is 212 g/mol. The van der Waals surface area contributed by atoms with Crippen LogP contribution in [0.2, 0.25) is 0 Å². The number of benzene rings is 1. The fourth-order valence-corrected chi connectivity index (χ4v) is 1.50. The van der Waals surface area contributed by atoms with E-state index in [1.807, 2.05) is 6.92 Å². The number of ether oxygens (including phenoxy) is 1. The second-order valence-corrected chi connectivity index (χ2v) is 3.66. The maximum absolute atomic E-state index is 13.3. The van der Waals surface area contributed by atoms with Gasteiger partial charge in [-0.3, -0.25) is 0 Å². The normalized spacial score (nSPS) is 12.5. The number of halogens is 2. The maximum atomic E-state index is 13.3. The van der Waals surface area contributed by atoms with Crippen molar-refractivity contribution in [2.24, 2.45) is 0 Å². The summed E-state index contributed by atoms with van der Waals surface area (Å²) in [6, 6.07) is 3.23. The molecular formula is C12H17F2NO. The van der Waals surface area contributed by atoms with E-state index in [1.165, 1.54) is 0 Å². The summed E-state index contributed by atoms with van der Waals surface area (Å²) >= 11 is 0. The number of rotatable bonds is 6. The standard InChI is InChI=1S/C12H17F2NO/c1-3-4-10(8-15-2)16-12-7-9(13)5-6-11(12)14/h5-7,10,15H,3-4,8H2,1-2H3. The topological polar surface area (TPSA) is 21.3 Å². The number of nitrogens with one attached hydrogen (secondary N) is 1. The van der Waals surface area contributed by atoms with Crippen LogP contribution in [0.1, 0.15) is 19.8 Å². The lowest BCUT2D eigenvalue weighted by Crippen LogP contribution is -2.29. The van der Waals surface area contributed by atoms with Crippen LogP contribution in [-0.2, 0) is 0 Å². The summed E-state index contributed by atoms with van der Waals surface area (Å²) in [6.07, 6.45) is 1.60. The second kappa shape index (κ2) is 6.43. The van der Waals surface area contributed by atoms with Gasteiger partial charge in [-0.15, -0.1) is 0 Å². The number of hydrogen-bond donors (Lipinski definition) is 1. The first-order valence-electron chi connectivity index (χ1n) is 5.43. The summed E-state index contributed by atoms with van der Waals surface area (Å²) in [5.41, 5.74) is 0. The smallest absolute Gasteiger partial charge is 0.165 e. The molecule has 0 bridgehead atoms. The largest absolute Gasteiger partial charge is 0.486 e. The summed E-state index contributed by atoms with van der Waals surface area (Å²) in [4.78, 5) is 0. The van der Waals surface area contributed by atoms with E-state index in [0.29, 0.717) is 6.54 Å². The molecule has 0 saturated carbocycles. The van der Waals surface area contributed by atoms with Gasteiger partial charge in [0.2, 0.25) is 0 Å². The summed E-state index contributed by atoms with van der Waals surface area (Å²) in [5.74, 6) is -1.04. The minimum atomic E-state index is -0.529. The molecule has 1 rings (SSSR count). The molecule has 0 aromatic heterocycles. The first-order valence-corrected chi connectivity index (χ1v) is 5.43. The van der Waals surface area contributed by atoms with Crippen LogP contribution in [0, 0.1) is 11.6 Å². The first kappa shape index (κ1) is 12.9. The van der Waals surface area contributed by atoms with Crippen molar-refractivity contribution in [2.75, 3.05) is 13.6 Å². The molecule has 1 unspecified atom stereocenters. The van der Waals surface area contributed by atoms with Gasteiger partial charge in [0, 0.05) is 12.6 Å². The van der Waals surface area contributed by atoms with E-state index in [9.17, 15) is 8.78 Å². The Labute approximate surface area is 94.6 Å². The average Bonchev–Trinajstić information content (AvgIpc) is 2.24. The zero-order valence-electron chi connectivity index (χ0n) is 9.59. The Morgan fingerprint density at radius 2 is 2.12 bits per heavy atom. The third kappa shape index (κ3) is 3.77. The lowest BCUT2D eigenvalue weighted by atomic mass is 10.2. The quantitative estimate of drug-likeness (QED) is 0.809. The molecule has 0 radical (unpaired) electrons. The molecule has 1 N–H and O–H groups in total. The van der Waals surface area contributed by atoms with Gasteiger partial charge in [-0.05, 0) is 25.6 Å². The maximum Gasteiger partial charge on any atom is 0.165 e. The predicted octanol–water partition coefficient (Wildman–Crippen LogP) is 2.73. The molecule has 4 heteroatoms. The molecule has 1 aromatic carbocycles. The summed E-state index contributed by atoms with van der Waals surface area (Å²) in [6.45, 7) is 2.64. The Kier molecular flexibility index (Phi) is 5.19. The van der Waals surface area contributed by atoms with Crippen molar-refractivity contribution in [3.63, 3.8) is 0 Å². The highest BCUT2D eigenvalue weighted by Crippen LogP contribution is 2.20. The van der Waals surface area contributed by atoms with Crippen LogP contribution in [0.15, 0.2) is 18.2 Å². The van der Waals surface area contributed by atoms with Crippen molar-refractivity contribution in [1.82, 2.24) is 5.32 Å². The fraction of sp³-hybridized carbons (Fsp3) is 0.500. The van der Waals surface area contributed by atoms with Gasteiger partial charge in [0.15, 0.2) is 11.6 Å². The zero-order valence-corrected chi connectivity index (χ0v) is 9.59. The monoisotopic (exact) mass is 229 g/mol. The van der Waals surface area contributed by atoms with Crippen LogP contribution < -0.4 is 10.1 Å². The number of hydrogen-bond acceptors (Lipinski definition) is 2. The van der Waals surface area contributed by atoms with Gasteiger partial charge in [-0.1, -0.05) is 13.3 Å². The minimum absolute atomic E-state index is 0.0197.